The second-order valence-corrected chi connectivity index (χ2v) is 5.96. The first-order valence-electron chi connectivity index (χ1n) is 8.14. The molecule has 0 saturated heterocycles. The van der Waals surface area contributed by atoms with Crippen LogP contribution in [0.4, 0.5) is 5.69 Å². The molecule has 0 aromatic heterocycles. The summed E-state index contributed by atoms with van der Waals surface area (Å²) in [6, 6.07) is 11.9. The molecule has 2 aromatic rings. The van der Waals surface area contributed by atoms with Crippen LogP contribution in [0.25, 0.3) is 0 Å². The summed E-state index contributed by atoms with van der Waals surface area (Å²) in [7, 11) is 1.66. The van der Waals surface area contributed by atoms with Gasteiger partial charge in [-0.25, -0.2) is 0 Å². The van der Waals surface area contributed by atoms with Gasteiger partial charge in [0.1, 0.15) is 0 Å². The van der Waals surface area contributed by atoms with Crippen molar-refractivity contribution in [3.8, 4) is 0 Å². The van der Waals surface area contributed by atoms with Crippen molar-refractivity contribution in [3.63, 3.8) is 0 Å². The molecule has 0 saturated carbocycles. The minimum atomic E-state index is -0.203. The molecular weight excluding hydrogens is 314 g/mol. The zero-order chi connectivity index (χ0) is 17.3. The van der Waals surface area contributed by atoms with Crippen molar-refractivity contribution in [2.24, 2.45) is 0 Å². The molecule has 0 spiro atoms. The third-order valence-electron chi connectivity index (χ3n) is 4.41. The zero-order valence-electron chi connectivity index (χ0n) is 13.8. The molecule has 1 amide bonds. The predicted octanol–water partition coefficient (Wildman–Crippen LogP) is 4.25. The molecule has 0 atom stereocenters. The molecule has 4 nitrogen and oxygen atoms in total. The van der Waals surface area contributed by atoms with E-state index in [0.29, 0.717) is 34.4 Å². The normalized spacial score (nSPS) is 12.1. The Bertz CT molecular complexity index is 839. The van der Waals surface area contributed by atoms with E-state index in [-0.39, 0.29) is 24.9 Å². The van der Waals surface area contributed by atoms with Crippen LogP contribution >= 0.6 is 0 Å². The van der Waals surface area contributed by atoms with Crippen LogP contribution in [0, 0.1) is 0 Å². The predicted molar refractivity (Wildman–Crippen MR) is 99.4 cm³/mol. The van der Waals surface area contributed by atoms with Gasteiger partial charge in [0.05, 0.1) is 11.3 Å². The van der Waals surface area contributed by atoms with Crippen LogP contribution in [0.3, 0.4) is 0 Å². The molecule has 0 aliphatic heterocycles. The van der Waals surface area contributed by atoms with Crippen molar-refractivity contribution in [3.05, 3.63) is 64.7 Å². The number of ketones is 2. The molecule has 1 aliphatic rings. The third-order valence-corrected chi connectivity index (χ3v) is 4.41. The Morgan fingerprint density at radius 1 is 0.920 bits per heavy atom. The van der Waals surface area contributed by atoms with E-state index in [1.165, 1.54) is 4.90 Å². The van der Waals surface area contributed by atoms with E-state index < -0.39 is 0 Å². The summed E-state index contributed by atoms with van der Waals surface area (Å²) in [4.78, 5) is 39.5. The number of hydrogen-bond donors (Lipinski definition) is 0. The first kappa shape index (κ1) is 18.6. The van der Waals surface area contributed by atoms with E-state index in [4.69, 9.17) is 0 Å². The van der Waals surface area contributed by atoms with Crippen LogP contribution in [0.1, 0.15) is 65.5 Å². The Labute approximate surface area is 148 Å². The first-order valence-corrected chi connectivity index (χ1v) is 8.14. The topological polar surface area (TPSA) is 54.5 Å². The number of hydrogen-bond acceptors (Lipinski definition) is 3. The third kappa shape index (κ3) is 3.12. The van der Waals surface area contributed by atoms with Crippen LogP contribution < -0.4 is 4.90 Å². The maximum atomic E-state index is 12.9. The van der Waals surface area contributed by atoms with Crippen molar-refractivity contribution in [2.75, 3.05) is 11.9 Å². The minimum absolute atomic E-state index is 0. The highest BCUT2D eigenvalue weighted by atomic mass is 16.2. The summed E-state index contributed by atoms with van der Waals surface area (Å²) >= 11 is 0. The fourth-order valence-corrected chi connectivity index (χ4v) is 3.04. The van der Waals surface area contributed by atoms with Gasteiger partial charge < -0.3 is 4.90 Å². The lowest BCUT2D eigenvalue weighted by molar-refractivity contribution is -0.118. The molecule has 0 fully saturated rings. The molecule has 0 bridgehead atoms. The van der Waals surface area contributed by atoms with Crippen molar-refractivity contribution < 1.29 is 14.4 Å². The zero-order valence-corrected chi connectivity index (χ0v) is 13.8. The lowest BCUT2D eigenvalue weighted by Gasteiger charge is -2.25. The van der Waals surface area contributed by atoms with Crippen molar-refractivity contribution in [1.82, 2.24) is 0 Å². The Kier molecular flexibility index (Phi) is 5.52. The summed E-state index contributed by atoms with van der Waals surface area (Å²) < 4.78 is 0. The number of amides is 1. The second kappa shape index (κ2) is 7.43. The molecule has 0 radical (unpaired) electrons. The summed E-state index contributed by atoms with van der Waals surface area (Å²) in [5.41, 5.74) is 2.02. The lowest BCUT2D eigenvalue weighted by atomic mass is 9.83. The fourth-order valence-electron chi connectivity index (χ4n) is 3.04. The van der Waals surface area contributed by atoms with Gasteiger partial charge in [0.25, 0.3) is 0 Å². The van der Waals surface area contributed by atoms with E-state index in [9.17, 15) is 14.4 Å². The Balaban J connectivity index is 0.00000225. The van der Waals surface area contributed by atoms with Crippen LogP contribution in [-0.2, 0) is 4.79 Å². The number of unbranched alkanes of at least 4 members (excludes halogenated alkanes) is 1. The number of anilines is 1. The largest absolute Gasteiger partial charge is 0.315 e. The average Bonchev–Trinajstić information content (AvgIpc) is 2.62. The van der Waals surface area contributed by atoms with Crippen molar-refractivity contribution in [1.29, 1.82) is 0 Å². The molecule has 25 heavy (non-hydrogen) atoms. The van der Waals surface area contributed by atoms with E-state index in [0.717, 1.165) is 12.8 Å². The SMILES string of the molecule is C.CCCCC(=O)N(C)c1cccc2c1C(=O)c1ccccc1C2=O. The summed E-state index contributed by atoms with van der Waals surface area (Å²) in [6.45, 7) is 2.02. The van der Waals surface area contributed by atoms with Gasteiger partial charge in [0.15, 0.2) is 11.6 Å². The van der Waals surface area contributed by atoms with Gasteiger partial charge in [-0.2, -0.15) is 0 Å². The minimum Gasteiger partial charge on any atom is -0.315 e. The molecule has 1 aliphatic carbocycles. The summed E-state index contributed by atoms with van der Waals surface area (Å²) in [5.74, 6) is -0.424. The number of carbonyl (C=O) groups is 3. The molecule has 0 N–H and O–H groups in total. The smallest absolute Gasteiger partial charge is 0.226 e. The summed E-state index contributed by atoms with van der Waals surface area (Å²) in [6.07, 6.45) is 2.15. The van der Waals surface area contributed by atoms with Gasteiger partial charge in [0.2, 0.25) is 5.91 Å². The highest BCUT2D eigenvalue weighted by Gasteiger charge is 2.32. The maximum absolute atomic E-state index is 12.9. The van der Waals surface area contributed by atoms with E-state index in [1.807, 2.05) is 6.92 Å². The number of benzene rings is 2. The van der Waals surface area contributed by atoms with Gasteiger partial charge in [-0.15, -0.1) is 0 Å². The first-order chi connectivity index (χ1) is 11.6. The lowest BCUT2D eigenvalue weighted by Crippen LogP contribution is -2.30. The molecule has 3 rings (SSSR count). The monoisotopic (exact) mass is 337 g/mol. The average molecular weight is 337 g/mol. The van der Waals surface area contributed by atoms with Crippen LogP contribution in [0.15, 0.2) is 42.5 Å². The van der Waals surface area contributed by atoms with Crippen molar-refractivity contribution >= 4 is 23.2 Å². The molecule has 4 heteroatoms. The molecule has 0 unspecified atom stereocenters. The Morgan fingerprint density at radius 3 is 2.16 bits per heavy atom. The van der Waals surface area contributed by atoms with Crippen LogP contribution in [0.5, 0.6) is 0 Å². The summed E-state index contributed by atoms with van der Waals surface area (Å²) in [5, 5.41) is 0. The molecular formula is C21H23NO3. The molecule has 2 aromatic carbocycles. The van der Waals surface area contributed by atoms with Gasteiger partial charge in [-0.3, -0.25) is 14.4 Å². The van der Waals surface area contributed by atoms with Crippen LogP contribution in [-0.4, -0.2) is 24.5 Å². The molecule has 0 heterocycles. The van der Waals surface area contributed by atoms with Gasteiger partial charge in [0, 0.05) is 30.2 Å². The highest BCUT2D eigenvalue weighted by molar-refractivity contribution is 6.30. The van der Waals surface area contributed by atoms with Crippen molar-refractivity contribution in [2.45, 2.75) is 33.6 Å². The highest BCUT2D eigenvalue weighted by Crippen LogP contribution is 2.33. The molecule has 130 valence electrons. The van der Waals surface area contributed by atoms with Crippen LogP contribution in [0.2, 0.25) is 0 Å². The quantitative estimate of drug-likeness (QED) is 0.715. The second-order valence-electron chi connectivity index (χ2n) is 5.96. The Hall–Kier alpha value is -2.75. The number of rotatable bonds is 4. The van der Waals surface area contributed by atoms with E-state index >= 15 is 0 Å². The van der Waals surface area contributed by atoms with Gasteiger partial charge in [-0.05, 0) is 12.5 Å². The van der Waals surface area contributed by atoms with E-state index in [1.54, 1.807) is 49.5 Å². The van der Waals surface area contributed by atoms with E-state index in [2.05, 4.69) is 0 Å². The number of fused-ring (bicyclic) bond motifs is 2. The number of nitrogens with zero attached hydrogens (tertiary/aromatic N) is 1. The fraction of sp³-hybridized carbons (Fsp3) is 0.286. The standard InChI is InChI=1S/C20H19NO3.CH4/c1-3-4-12-17(22)21(2)16-11-7-10-15-18(16)20(24)14-9-6-5-8-13(14)19(15)23;/h5-11H,3-4,12H2,1-2H3;1H4. The van der Waals surface area contributed by atoms with Gasteiger partial charge in [-0.1, -0.05) is 57.2 Å². The Morgan fingerprint density at radius 2 is 1.52 bits per heavy atom. The maximum Gasteiger partial charge on any atom is 0.226 e. The van der Waals surface area contributed by atoms with Gasteiger partial charge >= 0.3 is 0 Å². The number of carbonyl (C=O) groups excluding carboxylic acids is 3.